The molecule has 0 aromatic rings. The van der Waals surface area contributed by atoms with Gasteiger partial charge >= 0.3 is 0 Å². The number of carbonyl (C=O) groups is 1. The van der Waals surface area contributed by atoms with Crippen molar-refractivity contribution in [2.75, 3.05) is 53.5 Å². The molecule has 2 fully saturated rings. The van der Waals surface area contributed by atoms with E-state index < -0.39 is 0 Å². The zero-order valence-electron chi connectivity index (χ0n) is 19.0. The minimum absolute atomic E-state index is 0.0402. The molecule has 5 aliphatic heterocycles. The monoisotopic (exact) mass is 442 g/mol. The van der Waals surface area contributed by atoms with E-state index in [0.29, 0.717) is 12.3 Å². The standard InChI is InChI=1S/C23H34N6O3/c1-28-7-3-4-8-32-19-9-16(5-6-18(19)31-2)26-21-20-17(13-29-11-15(10-28)12-29)23(30)27-22(20)25-14-24-21/h5-6,14-15,17-19,22H,3-4,7-13H2,1-2H3,(H,24,25)(H,27,30). The molecule has 4 unspecified atom stereocenters. The molecule has 5 heterocycles. The Labute approximate surface area is 189 Å². The lowest BCUT2D eigenvalue weighted by Crippen LogP contribution is -2.53. The number of ether oxygens (including phenoxy) is 2. The predicted octanol–water partition coefficient (Wildman–Crippen LogP) is 0.360. The molecule has 2 saturated heterocycles. The quantitative estimate of drug-likeness (QED) is 0.610. The van der Waals surface area contributed by atoms with Crippen LogP contribution in [0.2, 0.25) is 0 Å². The Kier molecular flexibility index (Phi) is 6.41. The van der Waals surface area contributed by atoms with Gasteiger partial charge in [0.1, 0.15) is 18.1 Å². The number of fused-ring (bicyclic) bond motifs is 6. The summed E-state index contributed by atoms with van der Waals surface area (Å²) in [5, 5.41) is 6.23. The Hall–Kier alpha value is -2.07. The lowest BCUT2D eigenvalue weighted by Gasteiger charge is -2.42. The Bertz CT molecular complexity index is 847. The fraction of sp³-hybridized carbons (Fsp3) is 0.696. The van der Waals surface area contributed by atoms with E-state index in [2.05, 4.69) is 32.5 Å². The van der Waals surface area contributed by atoms with Gasteiger partial charge in [-0.25, -0.2) is 9.98 Å². The number of rotatable bonds is 1. The lowest BCUT2D eigenvalue weighted by atomic mass is 9.93. The summed E-state index contributed by atoms with van der Waals surface area (Å²) in [7, 11) is 3.92. The summed E-state index contributed by atoms with van der Waals surface area (Å²) in [5.74, 6) is 1.21. The Balaban J connectivity index is 1.42. The van der Waals surface area contributed by atoms with Crippen LogP contribution in [0.15, 0.2) is 33.5 Å². The van der Waals surface area contributed by atoms with Crippen molar-refractivity contribution in [3.05, 3.63) is 23.5 Å². The molecule has 0 radical (unpaired) electrons. The molecule has 6 aliphatic rings. The van der Waals surface area contributed by atoms with Gasteiger partial charge in [0.2, 0.25) is 5.91 Å². The number of methoxy groups -OCH3 is 1. The fourth-order valence-electron chi connectivity index (χ4n) is 5.37. The number of nitrogens with zero attached hydrogens (tertiary/aromatic N) is 4. The molecule has 4 bridgehead atoms. The Morgan fingerprint density at radius 1 is 1.22 bits per heavy atom. The molecule has 4 atom stereocenters. The van der Waals surface area contributed by atoms with Crippen molar-refractivity contribution in [1.29, 1.82) is 0 Å². The van der Waals surface area contributed by atoms with Gasteiger partial charge in [0.05, 0.1) is 18.4 Å². The topological polar surface area (TPSA) is 90.8 Å². The SMILES string of the molecule is COC1C=CC2=NC3=C4C(N=CN3)NC(=O)C4CN3CC(CN(C)CCCCOC1C2)C3. The van der Waals surface area contributed by atoms with Crippen molar-refractivity contribution in [1.82, 2.24) is 20.4 Å². The number of carbonyl (C=O) groups excluding carboxylic acids is 1. The maximum Gasteiger partial charge on any atom is 0.230 e. The van der Waals surface area contributed by atoms with E-state index in [1.54, 1.807) is 13.4 Å². The van der Waals surface area contributed by atoms with E-state index >= 15 is 0 Å². The van der Waals surface area contributed by atoms with Crippen LogP contribution in [0.1, 0.15) is 19.3 Å². The second kappa shape index (κ2) is 9.43. The Morgan fingerprint density at radius 3 is 2.94 bits per heavy atom. The molecular weight excluding hydrogens is 408 g/mol. The first-order valence-electron chi connectivity index (χ1n) is 11.7. The zero-order valence-corrected chi connectivity index (χ0v) is 19.0. The van der Waals surface area contributed by atoms with Gasteiger partial charge in [-0.15, -0.1) is 0 Å². The smallest absolute Gasteiger partial charge is 0.230 e. The molecule has 32 heavy (non-hydrogen) atoms. The largest absolute Gasteiger partial charge is 0.375 e. The summed E-state index contributed by atoms with van der Waals surface area (Å²) in [5.41, 5.74) is 1.88. The van der Waals surface area contributed by atoms with Gasteiger partial charge in [-0.2, -0.15) is 0 Å². The van der Waals surface area contributed by atoms with Gasteiger partial charge in [0.25, 0.3) is 0 Å². The van der Waals surface area contributed by atoms with Crippen LogP contribution >= 0.6 is 0 Å². The molecule has 9 heteroatoms. The number of aliphatic imine (C=N–C) groups is 2. The highest BCUT2D eigenvalue weighted by atomic mass is 16.5. The van der Waals surface area contributed by atoms with Crippen molar-refractivity contribution in [3.63, 3.8) is 0 Å². The van der Waals surface area contributed by atoms with Gasteiger partial charge < -0.3 is 29.9 Å². The number of hydrogen-bond acceptors (Lipinski definition) is 8. The van der Waals surface area contributed by atoms with Crippen LogP contribution in [-0.2, 0) is 14.3 Å². The second-order valence-corrected chi connectivity index (χ2v) is 9.52. The first kappa shape index (κ1) is 21.8. The molecule has 9 nitrogen and oxygen atoms in total. The van der Waals surface area contributed by atoms with Gasteiger partial charge in [-0.1, -0.05) is 6.08 Å². The molecule has 0 saturated carbocycles. The van der Waals surface area contributed by atoms with Crippen LogP contribution < -0.4 is 10.6 Å². The van der Waals surface area contributed by atoms with Gasteiger partial charge in [0, 0.05) is 57.6 Å². The van der Waals surface area contributed by atoms with E-state index in [0.717, 1.165) is 69.3 Å². The predicted molar refractivity (Wildman–Crippen MR) is 122 cm³/mol. The normalized spacial score (nSPS) is 38.1. The van der Waals surface area contributed by atoms with Crippen LogP contribution in [0.25, 0.3) is 0 Å². The van der Waals surface area contributed by atoms with Crippen molar-refractivity contribution in [3.8, 4) is 0 Å². The third-order valence-electron chi connectivity index (χ3n) is 7.06. The van der Waals surface area contributed by atoms with E-state index in [1.807, 2.05) is 12.2 Å². The number of allylic oxidation sites excluding steroid dienone is 1. The summed E-state index contributed by atoms with van der Waals surface area (Å²) in [6.07, 6.45) is 8.04. The molecular formula is C23H34N6O3. The first-order chi connectivity index (χ1) is 15.6. The van der Waals surface area contributed by atoms with Crippen molar-refractivity contribution in [2.24, 2.45) is 21.8 Å². The minimum atomic E-state index is -0.326. The zero-order chi connectivity index (χ0) is 22.1. The molecule has 1 aliphatic carbocycles. The summed E-state index contributed by atoms with van der Waals surface area (Å²) in [4.78, 5) is 27.0. The minimum Gasteiger partial charge on any atom is -0.375 e. The number of nitrogens with one attached hydrogen (secondary N) is 2. The van der Waals surface area contributed by atoms with Gasteiger partial charge in [-0.05, 0) is 38.4 Å². The van der Waals surface area contributed by atoms with Crippen LogP contribution in [0.5, 0.6) is 0 Å². The maximum absolute atomic E-state index is 12.8. The van der Waals surface area contributed by atoms with Gasteiger partial charge in [-0.3, -0.25) is 4.79 Å². The average Bonchev–Trinajstić information content (AvgIpc) is 3.07. The molecule has 0 aromatic heterocycles. The molecule has 1 amide bonds. The highest BCUT2D eigenvalue weighted by Gasteiger charge is 2.43. The van der Waals surface area contributed by atoms with Crippen molar-refractivity contribution in [2.45, 2.75) is 37.6 Å². The fourth-order valence-corrected chi connectivity index (χ4v) is 5.37. The number of hydrogen-bond donors (Lipinski definition) is 2. The molecule has 0 aromatic carbocycles. The van der Waals surface area contributed by atoms with Crippen LogP contribution in [-0.4, -0.2) is 99.6 Å². The maximum atomic E-state index is 12.8. The number of amides is 1. The van der Waals surface area contributed by atoms with Gasteiger partial charge in [0.15, 0.2) is 0 Å². The summed E-state index contributed by atoms with van der Waals surface area (Å²) >= 11 is 0. The molecule has 2 N–H and O–H groups in total. The third-order valence-corrected chi connectivity index (χ3v) is 7.06. The van der Waals surface area contributed by atoms with E-state index in [9.17, 15) is 4.79 Å². The molecule has 174 valence electrons. The molecule has 6 rings (SSSR count). The first-order valence-corrected chi connectivity index (χ1v) is 11.7. The van der Waals surface area contributed by atoms with Crippen LogP contribution in [0.3, 0.4) is 0 Å². The highest BCUT2D eigenvalue weighted by molar-refractivity contribution is 5.97. The summed E-state index contributed by atoms with van der Waals surface area (Å²) in [6.45, 7) is 5.70. The van der Waals surface area contributed by atoms with Crippen molar-refractivity contribution >= 4 is 18.0 Å². The Morgan fingerprint density at radius 2 is 2.09 bits per heavy atom. The highest BCUT2D eigenvalue weighted by Crippen LogP contribution is 2.31. The van der Waals surface area contributed by atoms with Crippen LogP contribution in [0, 0.1) is 11.8 Å². The lowest BCUT2D eigenvalue weighted by molar-refractivity contribution is -0.123. The van der Waals surface area contributed by atoms with E-state index in [4.69, 9.17) is 14.5 Å². The molecule has 0 spiro atoms. The summed E-state index contributed by atoms with van der Waals surface area (Å²) < 4.78 is 11.8. The second-order valence-electron chi connectivity index (χ2n) is 9.52. The van der Waals surface area contributed by atoms with E-state index in [1.165, 1.54) is 0 Å². The third kappa shape index (κ3) is 4.52. The average molecular weight is 443 g/mol. The van der Waals surface area contributed by atoms with E-state index in [-0.39, 0.29) is 30.2 Å². The summed E-state index contributed by atoms with van der Waals surface area (Å²) in [6, 6.07) is 0. The van der Waals surface area contributed by atoms with Crippen LogP contribution in [0.4, 0.5) is 0 Å². The van der Waals surface area contributed by atoms with Crippen molar-refractivity contribution < 1.29 is 14.3 Å².